The number of H-pyrrole nitrogens is 1. The SMILES string of the molecule is Cc1ccc(C(C)NC(C)c2cn[nH]c2)o1. The summed E-state index contributed by atoms with van der Waals surface area (Å²) in [4.78, 5) is 0. The summed E-state index contributed by atoms with van der Waals surface area (Å²) in [7, 11) is 0. The number of hydrogen-bond acceptors (Lipinski definition) is 3. The van der Waals surface area contributed by atoms with Crippen LogP contribution in [-0.4, -0.2) is 10.2 Å². The summed E-state index contributed by atoms with van der Waals surface area (Å²) in [5.41, 5.74) is 1.15. The lowest BCUT2D eigenvalue weighted by atomic mass is 10.1. The Kier molecular flexibility index (Phi) is 3.10. The molecule has 0 radical (unpaired) electrons. The van der Waals surface area contributed by atoms with Crippen LogP contribution in [0, 0.1) is 6.92 Å². The van der Waals surface area contributed by atoms with Gasteiger partial charge < -0.3 is 9.73 Å². The van der Waals surface area contributed by atoms with Gasteiger partial charge in [-0.3, -0.25) is 5.10 Å². The van der Waals surface area contributed by atoms with Crippen LogP contribution in [0.15, 0.2) is 28.9 Å². The molecular weight excluding hydrogens is 202 g/mol. The molecule has 0 amide bonds. The minimum Gasteiger partial charge on any atom is -0.465 e. The average Bonchev–Trinajstić information content (AvgIpc) is 2.87. The van der Waals surface area contributed by atoms with Gasteiger partial charge in [-0.15, -0.1) is 0 Å². The Morgan fingerprint density at radius 3 is 2.69 bits per heavy atom. The molecular formula is C12H17N3O. The number of aryl methyl sites for hydroxylation is 1. The van der Waals surface area contributed by atoms with Crippen molar-refractivity contribution in [1.29, 1.82) is 0 Å². The minimum absolute atomic E-state index is 0.193. The fraction of sp³-hybridized carbons (Fsp3) is 0.417. The third-order valence-corrected chi connectivity index (χ3v) is 2.71. The molecule has 0 fully saturated rings. The van der Waals surface area contributed by atoms with Crippen LogP contribution in [-0.2, 0) is 0 Å². The lowest BCUT2D eigenvalue weighted by molar-refractivity contribution is 0.392. The number of aromatic amines is 1. The highest BCUT2D eigenvalue weighted by Gasteiger charge is 2.14. The molecule has 2 aromatic rings. The summed E-state index contributed by atoms with van der Waals surface area (Å²) in [6.45, 7) is 6.15. The van der Waals surface area contributed by atoms with Crippen molar-refractivity contribution in [2.24, 2.45) is 0 Å². The number of nitrogens with zero attached hydrogens (tertiary/aromatic N) is 1. The topological polar surface area (TPSA) is 53.9 Å². The maximum atomic E-state index is 5.58. The first-order chi connectivity index (χ1) is 7.66. The molecule has 2 unspecified atom stereocenters. The Bertz CT molecular complexity index is 433. The van der Waals surface area contributed by atoms with Crippen molar-refractivity contribution in [1.82, 2.24) is 15.5 Å². The first kappa shape index (κ1) is 11.0. The van der Waals surface area contributed by atoms with Gasteiger partial charge in [0.25, 0.3) is 0 Å². The zero-order valence-electron chi connectivity index (χ0n) is 9.82. The zero-order valence-corrected chi connectivity index (χ0v) is 9.82. The first-order valence-corrected chi connectivity index (χ1v) is 5.48. The van der Waals surface area contributed by atoms with E-state index in [1.807, 2.05) is 31.5 Å². The smallest absolute Gasteiger partial charge is 0.120 e. The predicted octanol–water partition coefficient (Wildman–Crippen LogP) is 2.72. The summed E-state index contributed by atoms with van der Waals surface area (Å²) in [6, 6.07) is 4.43. The quantitative estimate of drug-likeness (QED) is 0.831. The number of furan rings is 1. The van der Waals surface area contributed by atoms with Crippen molar-refractivity contribution in [2.45, 2.75) is 32.9 Å². The van der Waals surface area contributed by atoms with E-state index in [2.05, 4.69) is 29.4 Å². The van der Waals surface area contributed by atoms with E-state index in [1.54, 1.807) is 0 Å². The fourth-order valence-corrected chi connectivity index (χ4v) is 1.74. The molecule has 4 heteroatoms. The van der Waals surface area contributed by atoms with Crippen molar-refractivity contribution in [3.63, 3.8) is 0 Å². The monoisotopic (exact) mass is 219 g/mol. The van der Waals surface area contributed by atoms with Gasteiger partial charge in [-0.05, 0) is 32.9 Å². The van der Waals surface area contributed by atoms with Gasteiger partial charge in [0.05, 0.1) is 12.2 Å². The Balaban J connectivity index is 2.00. The summed E-state index contributed by atoms with van der Waals surface area (Å²) in [5, 5.41) is 10.2. The van der Waals surface area contributed by atoms with E-state index in [-0.39, 0.29) is 12.1 Å². The van der Waals surface area contributed by atoms with Gasteiger partial charge in [0.2, 0.25) is 0 Å². The van der Waals surface area contributed by atoms with Gasteiger partial charge in [0.15, 0.2) is 0 Å². The molecule has 2 heterocycles. The minimum atomic E-state index is 0.193. The molecule has 4 nitrogen and oxygen atoms in total. The van der Waals surface area contributed by atoms with Gasteiger partial charge in [-0.2, -0.15) is 5.10 Å². The maximum Gasteiger partial charge on any atom is 0.120 e. The van der Waals surface area contributed by atoms with E-state index in [9.17, 15) is 0 Å². The van der Waals surface area contributed by atoms with Crippen LogP contribution in [0.2, 0.25) is 0 Å². The molecule has 0 bridgehead atoms. The third-order valence-electron chi connectivity index (χ3n) is 2.71. The summed E-state index contributed by atoms with van der Waals surface area (Å²) in [5.74, 6) is 1.91. The second-order valence-electron chi connectivity index (χ2n) is 4.09. The van der Waals surface area contributed by atoms with Crippen LogP contribution < -0.4 is 5.32 Å². The molecule has 0 aliphatic rings. The summed E-state index contributed by atoms with van der Waals surface area (Å²) >= 11 is 0. The second-order valence-corrected chi connectivity index (χ2v) is 4.09. The molecule has 0 saturated heterocycles. The Morgan fingerprint density at radius 1 is 1.31 bits per heavy atom. The van der Waals surface area contributed by atoms with Crippen molar-refractivity contribution < 1.29 is 4.42 Å². The van der Waals surface area contributed by atoms with Crippen LogP contribution in [0.5, 0.6) is 0 Å². The molecule has 0 saturated carbocycles. The number of rotatable bonds is 4. The van der Waals surface area contributed by atoms with Gasteiger partial charge in [-0.25, -0.2) is 0 Å². The first-order valence-electron chi connectivity index (χ1n) is 5.48. The van der Waals surface area contributed by atoms with Crippen LogP contribution in [0.3, 0.4) is 0 Å². The van der Waals surface area contributed by atoms with E-state index >= 15 is 0 Å². The lowest BCUT2D eigenvalue weighted by Crippen LogP contribution is -2.21. The van der Waals surface area contributed by atoms with Gasteiger partial charge in [0, 0.05) is 17.8 Å². The Morgan fingerprint density at radius 2 is 2.12 bits per heavy atom. The fourth-order valence-electron chi connectivity index (χ4n) is 1.74. The average molecular weight is 219 g/mol. The summed E-state index contributed by atoms with van der Waals surface area (Å²) < 4.78 is 5.58. The van der Waals surface area contributed by atoms with Gasteiger partial charge >= 0.3 is 0 Å². The highest BCUT2D eigenvalue weighted by molar-refractivity contribution is 5.12. The van der Waals surface area contributed by atoms with Crippen molar-refractivity contribution in [3.05, 3.63) is 41.6 Å². The predicted molar refractivity (Wildman–Crippen MR) is 62.0 cm³/mol. The molecule has 0 spiro atoms. The summed E-state index contributed by atoms with van der Waals surface area (Å²) in [6.07, 6.45) is 3.73. The van der Waals surface area contributed by atoms with Crippen LogP contribution >= 0.6 is 0 Å². The third kappa shape index (κ3) is 2.33. The molecule has 86 valence electrons. The van der Waals surface area contributed by atoms with E-state index in [0.29, 0.717) is 0 Å². The van der Waals surface area contributed by atoms with Crippen molar-refractivity contribution >= 4 is 0 Å². The lowest BCUT2D eigenvalue weighted by Gasteiger charge is -2.17. The van der Waals surface area contributed by atoms with Crippen molar-refractivity contribution in [2.75, 3.05) is 0 Å². The number of nitrogens with one attached hydrogen (secondary N) is 2. The number of aromatic nitrogens is 2. The Labute approximate surface area is 95.1 Å². The molecule has 0 aromatic carbocycles. The highest BCUT2D eigenvalue weighted by atomic mass is 16.3. The largest absolute Gasteiger partial charge is 0.465 e. The Hall–Kier alpha value is -1.55. The van der Waals surface area contributed by atoms with E-state index in [1.165, 1.54) is 0 Å². The van der Waals surface area contributed by atoms with Crippen molar-refractivity contribution in [3.8, 4) is 0 Å². The van der Waals surface area contributed by atoms with Gasteiger partial charge in [-0.1, -0.05) is 0 Å². The second kappa shape index (κ2) is 4.53. The molecule has 0 aliphatic heterocycles. The molecule has 2 atom stereocenters. The standard InChI is InChI=1S/C12H17N3O/c1-8-4-5-12(16-8)10(3)15-9(2)11-6-13-14-7-11/h4-7,9-10,15H,1-3H3,(H,13,14). The molecule has 2 rings (SSSR count). The van der Waals surface area contributed by atoms with Crippen LogP contribution in [0.1, 0.15) is 43.0 Å². The van der Waals surface area contributed by atoms with E-state index in [0.717, 1.165) is 17.1 Å². The van der Waals surface area contributed by atoms with Gasteiger partial charge in [0.1, 0.15) is 11.5 Å². The molecule has 0 aliphatic carbocycles. The van der Waals surface area contributed by atoms with Crippen LogP contribution in [0.4, 0.5) is 0 Å². The maximum absolute atomic E-state index is 5.58. The number of hydrogen-bond donors (Lipinski definition) is 2. The van der Waals surface area contributed by atoms with E-state index < -0.39 is 0 Å². The van der Waals surface area contributed by atoms with Crippen LogP contribution in [0.25, 0.3) is 0 Å². The normalized spacial score (nSPS) is 14.9. The highest BCUT2D eigenvalue weighted by Crippen LogP contribution is 2.20. The van der Waals surface area contributed by atoms with E-state index in [4.69, 9.17) is 4.42 Å². The zero-order chi connectivity index (χ0) is 11.5. The molecule has 16 heavy (non-hydrogen) atoms. The molecule has 2 N–H and O–H groups in total. The molecule has 2 aromatic heterocycles.